The third-order valence-electron chi connectivity index (χ3n) is 2.95. The van der Waals surface area contributed by atoms with E-state index in [9.17, 15) is 18.0 Å². The van der Waals surface area contributed by atoms with E-state index in [0.717, 1.165) is 19.0 Å². The highest BCUT2D eigenvalue weighted by Gasteiger charge is 2.34. The van der Waals surface area contributed by atoms with Gasteiger partial charge in [-0.2, -0.15) is 13.2 Å². The van der Waals surface area contributed by atoms with E-state index in [0.29, 0.717) is 29.6 Å². The van der Waals surface area contributed by atoms with Crippen LogP contribution in [0.25, 0.3) is 0 Å². The smallest absolute Gasteiger partial charge is 0.353 e. The largest absolute Gasteiger partial charge is 0.427 e. The van der Waals surface area contributed by atoms with Crippen LogP contribution in [0.3, 0.4) is 0 Å². The van der Waals surface area contributed by atoms with Gasteiger partial charge >= 0.3 is 6.18 Å². The van der Waals surface area contributed by atoms with Crippen molar-refractivity contribution in [3.8, 4) is 0 Å². The lowest BCUT2D eigenvalue weighted by Gasteiger charge is -2.31. The Balaban J connectivity index is 1.94. The molecule has 1 aromatic rings. The van der Waals surface area contributed by atoms with E-state index in [1.54, 1.807) is 0 Å². The van der Waals surface area contributed by atoms with Crippen LogP contribution in [-0.2, 0) is 11.0 Å². The van der Waals surface area contributed by atoms with Crippen LogP contribution in [0.15, 0.2) is 6.20 Å². The fraction of sp³-hybridized carbons (Fsp3) is 0.636. The third kappa shape index (κ3) is 3.59. The zero-order valence-corrected chi connectivity index (χ0v) is 11.1. The van der Waals surface area contributed by atoms with Gasteiger partial charge in [-0.15, -0.1) is 0 Å². The van der Waals surface area contributed by atoms with Gasteiger partial charge in [0.2, 0.25) is 5.91 Å². The van der Waals surface area contributed by atoms with Gasteiger partial charge in [0, 0.05) is 26.1 Å². The van der Waals surface area contributed by atoms with Gasteiger partial charge in [0.25, 0.3) is 0 Å². The summed E-state index contributed by atoms with van der Waals surface area (Å²) in [5, 5.41) is 3.22. The molecule has 106 valence electrons. The Labute approximate surface area is 112 Å². The second kappa shape index (κ2) is 5.36. The SMILES string of the molecule is CC(=O)NC1CCN(c2ncc(C(F)(F)F)s2)CC1. The number of rotatable bonds is 2. The van der Waals surface area contributed by atoms with Crippen LogP contribution >= 0.6 is 11.3 Å². The molecule has 1 aromatic heterocycles. The first-order valence-electron chi connectivity index (χ1n) is 5.91. The highest BCUT2D eigenvalue weighted by Crippen LogP contribution is 2.36. The van der Waals surface area contributed by atoms with Gasteiger partial charge in [-0.05, 0) is 12.8 Å². The zero-order valence-electron chi connectivity index (χ0n) is 10.3. The van der Waals surface area contributed by atoms with Crippen molar-refractivity contribution in [3.63, 3.8) is 0 Å². The van der Waals surface area contributed by atoms with Gasteiger partial charge in [-0.3, -0.25) is 4.79 Å². The van der Waals surface area contributed by atoms with Crippen LogP contribution in [0.4, 0.5) is 18.3 Å². The number of thiazole rings is 1. The number of piperidine rings is 1. The molecule has 2 rings (SSSR count). The van der Waals surface area contributed by atoms with Crippen molar-refractivity contribution in [2.75, 3.05) is 18.0 Å². The quantitative estimate of drug-likeness (QED) is 0.910. The summed E-state index contributed by atoms with van der Waals surface area (Å²) < 4.78 is 37.4. The van der Waals surface area contributed by atoms with Gasteiger partial charge in [0.05, 0.1) is 6.20 Å². The van der Waals surface area contributed by atoms with E-state index in [1.807, 2.05) is 4.90 Å². The Morgan fingerprint density at radius 2 is 2.11 bits per heavy atom. The standard InChI is InChI=1S/C11H14F3N3OS/c1-7(18)16-8-2-4-17(5-3-8)10-15-6-9(19-10)11(12,13)14/h6,8H,2-5H2,1H3,(H,16,18). The number of carbonyl (C=O) groups is 1. The number of nitrogens with zero attached hydrogens (tertiary/aromatic N) is 2. The van der Waals surface area contributed by atoms with Crippen LogP contribution in [0, 0.1) is 0 Å². The van der Waals surface area contributed by atoms with E-state index >= 15 is 0 Å². The number of nitrogens with one attached hydrogen (secondary N) is 1. The molecule has 1 N–H and O–H groups in total. The zero-order chi connectivity index (χ0) is 14.0. The fourth-order valence-electron chi connectivity index (χ4n) is 2.04. The van der Waals surface area contributed by atoms with Gasteiger partial charge in [0.1, 0.15) is 4.88 Å². The minimum atomic E-state index is -4.33. The van der Waals surface area contributed by atoms with Crippen LogP contribution in [0.5, 0.6) is 0 Å². The summed E-state index contributed by atoms with van der Waals surface area (Å²) in [4.78, 5) is 15.9. The van der Waals surface area contributed by atoms with Gasteiger partial charge < -0.3 is 10.2 Å². The van der Waals surface area contributed by atoms with Crippen LogP contribution in [0.2, 0.25) is 0 Å². The first-order valence-corrected chi connectivity index (χ1v) is 6.73. The molecule has 0 atom stereocenters. The molecule has 0 saturated carbocycles. The lowest BCUT2D eigenvalue weighted by Crippen LogP contribution is -2.44. The predicted octanol–water partition coefficient (Wildman–Crippen LogP) is 2.27. The van der Waals surface area contributed by atoms with E-state index in [4.69, 9.17) is 0 Å². The van der Waals surface area contributed by atoms with Gasteiger partial charge in [0.15, 0.2) is 5.13 Å². The Kier molecular flexibility index (Phi) is 3.98. The molecule has 19 heavy (non-hydrogen) atoms. The number of aromatic nitrogens is 1. The molecule has 2 heterocycles. The number of alkyl halides is 3. The molecule has 4 nitrogen and oxygen atoms in total. The van der Waals surface area contributed by atoms with Crippen LogP contribution in [0.1, 0.15) is 24.6 Å². The fourth-order valence-corrected chi connectivity index (χ4v) is 2.88. The van der Waals surface area contributed by atoms with Gasteiger partial charge in [-0.1, -0.05) is 11.3 Å². The minimum absolute atomic E-state index is 0.0768. The van der Waals surface area contributed by atoms with Crippen molar-refractivity contribution in [3.05, 3.63) is 11.1 Å². The molecule has 1 aliphatic rings. The first kappa shape index (κ1) is 14.1. The Morgan fingerprint density at radius 1 is 1.47 bits per heavy atom. The molecule has 0 aliphatic carbocycles. The molecule has 8 heteroatoms. The maximum absolute atomic E-state index is 12.5. The van der Waals surface area contributed by atoms with Crippen molar-refractivity contribution in [2.24, 2.45) is 0 Å². The van der Waals surface area contributed by atoms with Crippen molar-refractivity contribution in [1.82, 2.24) is 10.3 Å². The Bertz CT molecular complexity index is 452. The molecule has 0 aromatic carbocycles. The molecule has 1 amide bonds. The molecular weight excluding hydrogens is 279 g/mol. The van der Waals surface area contributed by atoms with E-state index in [-0.39, 0.29) is 11.9 Å². The van der Waals surface area contributed by atoms with E-state index in [1.165, 1.54) is 6.92 Å². The molecular formula is C11H14F3N3OS. The number of amides is 1. The number of anilines is 1. The normalized spacial score (nSPS) is 17.6. The second-order valence-electron chi connectivity index (χ2n) is 4.47. The molecule has 1 aliphatic heterocycles. The van der Waals surface area contributed by atoms with Crippen molar-refractivity contribution < 1.29 is 18.0 Å². The number of hydrogen-bond acceptors (Lipinski definition) is 4. The summed E-state index contributed by atoms with van der Waals surface area (Å²) in [6.45, 7) is 2.67. The highest BCUT2D eigenvalue weighted by molar-refractivity contribution is 7.15. The summed E-state index contributed by atoms with van der Waals surface area (Å²) in [5.74, 6) is -0.0768. The summed E-state index contributed by atoms with van der Waals surface area (Å²) >= 11 is 0.664. The van der Waals surface area contributed by atoms with Crippen molar-refractivity contribution in [1.29, 1.82) is 0 Å². The Morgan fingerprint density at radius 3 is 2.58 bits per heavy atom. The molecule has 0 unspecified atom stereocenters. The maximum Gasteiger partial charge on any atom is 0.427 e. The van der Waals surface area contributed by atoms with Crippen LogP contribution < -0.4 is 10.2 Å². The number of halogens is 3. The molecule has 0 radical (unpaired) electrons. The minimum Gasteiger partial charge on any atom is -0.353 e. The predicted molar refractivity (Wildman–Crippen MR) is 66.2 cm³/mol. The average Bonchev–Trinajstić information content (AvgIpc) is 2.78. The highest BCUT2D eigenvalue weighted by atomic mass is 32.1. The topological polar surface area (TPSA) is 45.2 Å². The number of hydrogen-bond donors (Lipinski definition) is 1. The lowest BCUT2D eigenvalue weighted by atomic mass is 10.1. The summed E-state index contributed by atoms with van der Waals surface area (Å²) in [6, 6.07) is 0.107. The second-order valence-corrected chi connectivity index (χ2v) is 5.48. The molecule has 0 spiro atoms. The summed E-state index contributed by atoms with van der Waals surface area (Å²) in [5.41, 5.74) is 0. The molecule has 0 bridgehead atoms. The van der Waals surface area contributed by atoms with Crippen molar-refractivity contribution >= 4 is 22.4 Å². The molecule has 1 saturated heterocycles. The van der Waals surface area contributed by atoms with Crippen molar-refractivity contribution in [2.45, 2.75) is 32.0 Å². The average molecular weight is 293 g/mol. The van der Waals surface area contributed by atoms with Gasteiger partial charge in [-0.25, -0.2) is 4.98 Å². The first-order chi connectivity index (χ1) is 8.86. The Hall–Kier alpha value is -1.31. The van der Waals surface area contributed by atoms with E-state index in [2.05, 4.69) is 10.3 Å². The lowest BCUT2D eigenvalue weighted by molar-refractivity contribution is -0.134. The molecule has 1 fully saturated rings. The maximum atomic E-state index is 12.5. The summed E-state index contributed by atoms with van der Waals surface area (Å²) in [6.07, 6.45) is -2.01. The summed E-state index contributed by atoms with van der Waals surface area (Å²) in [7, 11) is 0. The third-order valence-corrected chi connectivity index (χ3v) is 4.05. The van der Waals surface area contributed by atoms with E-state index < -0.39 is 11.1 Å². The number of carbonyl (C=O) groups excluding carboxylic acids is 1. The van der Waals surface area contributed by atoms with Crippen LogP contribution in [-0.4, -0.2) is 30.0 Å². The monoisotopic (exact) mass is 293 g/mol.